The van der Waals surface area contributed by atoms with E-state index < -0.39 is 4.92 Å². The minimum atomic E-state index is -0.440. The SMILES string of the molecule is O=[N+]([O-])c1ccc(C2C(=S)C(=S)C(=S)C2S)cc1. The van der Waals surface area contributed by atoms with Crippen molar-refractivity contribution in [3.05, 3.63) is 39.9 Å². The van der Waals surface area contributed by atoms with Crippen LogP contribution >= 0.6 is 49.3 Å². The number of thiol groups is 1. The van der Waals surface area contributed by atoms with Gasteiger partial charge in [0.1, 0.15) is 0 Å². The van der Waals surface area contributed by atoms with E-state index in [9.17, 15) is 10.1 Å². The molecule has 1 saturated carbocycles. The van der Waals surface area contributed by atoms with Gasteiger partial charge in [0.25, 0.3) is 5.69 Å². The molecule has 0 aliphatic heterocycles. The molecule has 0 amide bonds. The number of nitro benzene ring substituents is 1. The zero-order valence-electron chi connectivity index (χ0n) is 8.90. The Morgan fingerprint density at radius 2 is 1.67 bits per heavy atom. The zero-order chi connectivity index (χ0) is 13.4. The fourth-order valence-corrected chi connectivity index (χ4v) is 3.41. The summed E-state index contributed by atoms with van der Waals surface area (Å²) in [7, 11) is 0. The van der Waals surface area contributed by atoms with Crippen LogP contribution in [0.25, 0.3) is 0 Å². The molecule has 0 bridgehead atoms. The van der Waals surface area contributed by atoms with E-state index in [0.29, 0.717) is 14.6 Å². The lowest BCUT2D eigenvalue weighted by Gasteiger charge is -2.14. The van der Waals surface area contributed by atoms with Crippen LogP contribution in [0.5, 0.6) is 0 Å². The van der Waals surface area contributed by atoms with Gasteiger partial charge < -0.3 is 0 Å². The Kier molecular flexibility index (Phi) is 3.86. The van der Waals surface area contributed by atoms with E-state index in [0.717, 1.165) is 5.56 Å². The van der Waals surface area contributed by atoms with Crippen molar-refractivity contribution in [3.8, 4) is 0 Å². The van der Waals surface area contributed by atoms with Crippen LogP contribution in [0.1, 0.15) is 11.5 Å². The minimum absolute atomic E-state index is 0.0449. The summed E-state index contributed by atoms with van der Waals surface area (Å²) in [6, 6.07) is 6.25. The number of benzene rings is 1. The minimum Gasteiger partial charge on any atom is -0.258 e. The number of nitro groups is 1. The summed E-state index contributed by atoms with van der Waals surface area (Å²) >= 11 is 20.0. The molecule has 1 fully saturated rings. The maximum Gasteiger partial charge on any atom is 0.269 e. The second-order valence-corrected chi connectivity index (χ2v) is 5.67. The molecule has 0 N–H and O–H groups in total. The number of thiocarbonyl (C=S) groups is 3. The van der Waals surface area contributed by atoms with Crippen molar-refractivity contribution < 1.29 is 4.92 Å². The van der Waals surface area contributed by atoms with Crippen molar-refractivity contribution in [1.29, 1.82) is 0 Å². The summed E-state index contributed by atoms with van der Waals surface area (Å²) in [4.78, 5) is 11.9. The van der Waals surface area contributed by atoms with Crippen LogP contribution in [-0.2, 0) is 0 Å². The number of rotatable bonds is 2. The standard InChI is InChI=1S/C11H7NO2S4/c13-12(14)6-3-1-5(2-4-6)7-8(15)10(17)11(18)9(7)16/h1-4,7-8,15H. The molecule has 0 radical (unpaired) electrons. The molecule has 2 unspecified atom stereocenters. The molecular weight excluding hydrogens is 306 g/mol. The lowest BCUT2D eigenvalue weighted by Crippen LogP contribution is -2.14. The van der Waals surface area contributed by atoms with Crippen LogP contribution < -0.4 is 0 Å². The summed E-state index contributed by atoms with van der Waals surface area (Å²) in [5.41, 5.74) is 0.899. The van der Waals surface area contributed by atoms with Crippen LogP contribution in [0.2, 0.25) is 0 Å². The molecule has 1 aromatic carbocycles. The van der Waals surface area contributed by atoms with Crippen LogP contribution in [0, 0.1) is 10.1 Å². The third-order valence-corrected chi connectivity index (χ3v) is 5.12. The van der Waals surface area contributed by atoms with Crippen molar-refractivity contribution in [2.75, 3.05) is 0 Å². The van der Waals surface area contributed by atoms with Gasteiger partial charge in [-0.25, -0.2) is 0 Å². The van der Waals surface area contributed by atoms with Crippen LogP contribution in [0.4, 0.5) is 5.69 Å². The van der Waals surface area contributed by atoms with Gasteiger partial charge in [-0.1, -0.05) is 48.8 Å². The lowest BCUT2D eigenvalue weighted by molar-refractivity contribution is -0.384. The van der Waals surface area contributed by atoms with E-state index in [1.54, 1.807) is 12.1 Å². The van der Waals surface area contributed by atoms with Gasteiger partial charge >= 0.3 is 0 Å². The van der Waals surface area contributed by atoms with Gasteiger partial charge in [-0.3, -0.25) is 10.1 Å². The van der Waals surface area contributed by atoms with Crippen LogP contribution in [-0.4, -0.2) is 24.8 Å². The topological polar surface area (TPSA) is 43.1 Å². The Morgan fingerprint density at radius 3 is 2.06 bits per heavy atom. The molecule has 18 heavy (non-hydrogen) atoms. The molecule has 0 heterocycles. The highest BCUT2D eigenvalue weighted by molar-refractivity contribution is 7.97. The number of nitrogens with zero attached hydrogens (tertiary/aromatic N) is 1. The largest absolute Gasteiger partial charge is 0.269 e. The number of non-ortho nitro benzene ring substituents is 1. The lowest BCUT2D eigenvalue weighted by atomic mass is 9.97. The molecule has 1 aliphatic rings. The first-order chi connectivity index (χ1) is 8.43. The third kappa shape index (κ3) is 2.23. The summed E-state index contributed by atoms with van der Waals surface area (Å²) in [5, 5.41) is 10.4. The molecule has 3 nitrogen and oxygen atoms in total. The molecule has 2 atom stereocenters. The Morgan fingerprint density at radius 1 is 1.11 bits per heavy atom. The highest BCUT2D eigenvalue weighted by Crippen LogP contribution is 2.34. The van der Waals surface area contributed by atoms with E-state index in [1.165, 1.54) is 12.1 Å². The summed E-state index contributed by atoms with van der Waals surface area (Å²) in [6.07, 6.45) is 0. The highest BCUT2D eigenvalue weighted by atomic mass is 32.1. The first-order valence-corrected chi connectivity index (χ1v) is 6.72. The molecule has 1 aromatic rings. The average molecular weight is 313 g/mol. The van der Waals surface area contributed by atoms with Gasteiger partial charge in [-0.15, -0.1) is 0 Å². The molecule has 0 aromatic heterocycles. The fraction of sp³-hybridized carbons (Fsp3) is 0.182. The van der Waals surface area contributed by atoms with Crippen molar-refractivity contribution in [1.82, 2.24) is 0 Å². The van der Waals surface area contributed by atoms with Crippen LogP contribution in [0.3, 0.4) is 0 Å². The highest BCUT2D eigenvalue weighted by Gasteiger charge is 2.38. The molecule has 7 heteroatoms. The van der Waals surface area contributed by atoms with Crippen LogP contribution in [0.15, 0.2) is 24.3 Å². The Hall–Kier alpha value is -0.760. The van der Waals surface area contributed by atoms with Crippen molar-refractivity contribution >= 4 is 69.6 Å². The van der Waals surface area contributed by atoms with Crippen molar-refractivity contribution in [2.24, 2.45) is 0 Å². The Labute approximate surface area is 125 Å². The normalized spacial score (nSPS) is 23.5. The smallest absolute Gasteiger partial charge is 0.258 e. The summed E-state index contributed by atoms with van der Waals surface area (Å²) in [5.74, 6) is -0.163. The first-order valence-electron chi connectivity index (χ1n) is 4.98. The zero-order valence-corrected chi connectivity index (χ0v) is 12.2. The monoisotopic (exact) mass is 313 g/mol. The molecule has 1 aliphatic carbocycles. The Bertz CT molecular complexity index is 567. The van der Waals surface area contributed by atoms with E-state index in [2.05, 4.69) is 12.6 Å². The molecule has 0 spiro atoms. The summed E-state index contributed by atoms with van der Waals surface area (Å²) in [6.45, 7) is 0. The third-order valence-electron chi connectivity index (χ3n) is 2.78. The summed E-state index contributed by atoms with van der Waals surface area (Å²) < 4.78 is 0. The average Bonchev–Trinajstić information content (AvgIpc) is 2.54. The van der Waals surface area contributed by atoms with E-state index in [1.807, 2.05) is 0 Å². The number of hydrogen-bond donors (Lipinski definition) is 1. The fourth-order valence-electron chi connectivity index (χ4n) is 1.83. The second kappa shape index (κ2) is 5.08. The van der Waals surface area contributed by atoms with Crippen molar-refractivity contribution in [2.45, 2.75) is 11.2 Å². The molecule has 92 valence electrons. The Balaban J connectivity index is 2.38. The quantitative estimate of drug-likeness (QED) is 0.393. The predicted octanol–water partition coefficient (Wildman–Crippen LogP) is 3.10. The van der Waals surface area contributed by atoms with Gasteiger partial charge in [0.2, 0.25) is 0 Å². The van der Waals surface area contributed by atoms with E-state index in [-0.39, 0.29) is 16.9 Å². The maximum absolute atomic E-state index is 10.6. The first kappa shape index (κ1) is 13.7. The van der Waals surface area contributed by atoms with Crippen molar-refractivity contribution in [3.63, 3.8) is 0 Å². The van der Waals surface area contributed by atoms with E-state index >= 15 is 0 Å². The second-order valence-electron chi connectivity index (χ2n) is 3.83. The van der Waals surface area contributed by atoms with Gasteiger partial charge in [-0.05, 0) is 5.56 Å². The molecule has 0 saturated heterocycles. The maximum atomic E-state index is 10.6. The van der Waals surface area contributed by atoms with Gasteiger partial charge in [-0.2, -0.15) is 12.6 Å². The van der Waals surface area contributed by atoms with Gasteiger partial charge in [0.05, 0.1) is 15.0 Å². The molecule has 2 rings (SSSR count). The number of hydrogen-bond acceptors (Lipinski definition) is 6. The molecular formula is C11H7NO2S4. The van der Waals surface area contributed by atoms with E-state index in [4.69, 9.17) is 36.7 Å². The van der Waals surface area contributed by atoms with Gasteiger partial charge in [0, 0.05) is 27.8 Å². The predicted molar refractivity (Wildman–Crippen MR) is 86.4 cm³/mol. The van der Waals surface area contributed by atoms with Gasteiger partial charge in [0.15, 0.2) is 0 Å².